The van der Waals surface area contributed by atoms with E-state index < -0.39 is 24.2 Å². The van der Waals surface area contributed by atoms with Crippen molar-refractivity contribution in [2.45, 2.75) is 39.1 Å². The highest BCUT2D eigenvalue weighted by Crippen LogP contribution is 2.28. The molecule has 3 atom stereocenters. The standard InChI is InChI=1S/C31H37ClN6O3/c1-4-37(5-2)18-19-38-26-12-7-6-10-24(26)28(25-11-8-9-17-33-25)35-29(31(38)41)36-30(40)21(3)34-20-27(39)22-13-15-23(32)16-14-22/h6-17,21,27,29,34,39H,4-5,18-20H2,1-3H3,(H,36,40)/t21-,27?,29?/m0/s1. The van der Waals surface area contributed by atoms with Crippen LogP contribution >= 0.6 is 11.6 Å². The van der Waals surface area contributed by atoms with E-state index in [1.54, 1.807) is 42.3 Å². The van der Waals surface area contributed by atoms with Gasteiger partial charge in [-0.25, -0.2) is 4.99 Å². The molecule has 10 heteroatoms. The number of amides is 2. The van der Waals surface area contributed by atoms with Crippen molar-refractivity contribution in [2.75, 3.05) is 37.6 Å². The molecule has 2 amide bonds. The van der Waals surface area contributed by atoms with Crippen molar-refractivity contribution in [3.63, 3.8) is 0 Å². The number of aliphatic hydroxyl groups excluding tert-OH is 1. The SMILES string of the molecule is CCN(CC)CCN1C(=O)C(NC(=O)[C@H](C)NCC(O)c2ccc(Cl)cc2)N=C(c2ccccn2)c2ccccc21. The zero-order valence-corrected chi connectivity index (χ0v) is 24.4. The third kappa shape index (κ3) is 7.56. The fourth-order valence-electron chi connectivity index (χ4n) is 4.69. The summed E-state index contributed by atoms with van der Waals surface area (Å²) in [6, 6.07) is 19.3. The van der Waals surface area contributed by atoms with Crippen molar-refractivity contribution in [1.29, 1.82) is 0 Å². The Morgan fingerprint density at radius 3 is 2.46 bits per heavy atom. The Kier molecular flexibility index (Phi) is 10.6. The van der Waals surface area contributed by atoms with E-state index in [9.17, 15) is 14.7 Å². The maximum Gasteiger partial charge on any atom is 0.272 e. The first-order valence-corrected chi connectivity index (χ1v) is 14.3. The second-order valence-corrected chi connectivity index (χ2v) is 10.3. The molecule has 2 heterocycles. The van der Waals surface area contributed by atoms with E-state index >= 15 is 0 Å². The summed E-state index contributed by atoms with van der Waals surface area (Å²) in [4.78, 5) is 40.5. The minimum atomic E-state index is -1.16. The molecule has 0 aliphatic carbocycles. The number of halogens is 1. The number of carbonyl (C=O) groups is 2. The molecule has 1 aliphatic rings. The highest BCUT2D eigenvalue weighted by atomic mass is 35.5. The van der Waals surface area contributed by atoms with Crippen molar-refractivity contribution in [1.82, 2.24) is 20.5 Å². The summed E-state index contributed by atoms with van der Waals surface area (Å²) in [5.74, 6) is -0.734. The van der Waals surface area contributed by atoms with E-state index in [1.165, 1.54) is 0 Å². The number of aliphatic hydroxyl groups is 1. The van der Waals surface area contributed by atoms with Gasteiger partial charge in [-0.15, -0.1) is 0 Å². The molecule has 0 spiro atoms. The number of aliphatic imine (C=N–C) groups is 1. The number of anilines is 1. The van der Waals surface area contributed by atoms with Crippen LogP contribution in [-0.4, -0.2) is 77.4 Å². The zero-order valence-electron chi connectivity index (χ0n) is 23.6. The summed E-state index contributed by atoms with van der Waals surface area (Å²) in [5.41, 5.74) is 3.31. The molecule has 0 saturated carbocycles. The molecule has 1 aliphatic heterocycles. The fourth-order valence-corrected chi connectivity index (χ4v) is 4.81. The maximum atomic E-state index is 14.0. The number of nitrogens with zero attached hydrogens (tertiary/aromatic N) is 4. The number of benzodiazepines with no additional fused rings is 1. The minimum Gasteiger partial charge on any atom is -0.387 e. The molecular weight excluding hydrogens is 540 g/mol. The molecule has 41 heavy (non-hydrogen) atoms. The van der Waals surface area contributed by atoms with Crippen LogP contribution in [0.3, 0.4) is 0 Å². The molecule has 2 aromatic carbocycles. The topological polar surface area (TPSA) is 110 Å². The average molecular weight is 577 g/mol. The lowest BCUT2D eigenvalue weighted by molar-refractivity contribution is -0.128. The summed E-state index contributed by atoms with van der Waals surface area (Å²) >= 11 is 5.94. The number of para-hydroxylation sites is 1. The molecule has 1 aromatic heterocycles. The van der Waals surface area contributed by atoms with Crippen LogP contribution in [0.2, 0.25) is 5.02 Å². The van der Waals surface area contributed by atoms with Crippen molar-refractivity contribution in [3.8, 4) is 0 Å². The number of rotatable bonds is 12. The predicted molar refractivity (Wildman–Crippen MR) is 162 cm³/mol. The number of hydrogen-bond donors (Lipinski definition) is 3. The van der Waals surface area contributed by atoms with Gasteiger partial charge in [-0.1, -0.05) is 61.8 Å². The van der Waals surface area contributed by atoms with Crippen LogP contribution in [0.25, 0.3) is 0 Å². The van der Waals surface area contributed by atoms with Gasteiger partial charge in [0.2, 0.25) is 12.1 Å². The Balaban J connectivity index is 1.58. The van der Waals surface area contributed by atoms with E-state index in [0.29, 0.717) is 35.1 Å². The van der Waals surface area contributed by atoms with Crippen molar-refractivity contribution < 1.29 is 14.7 Å². The van der Waals surface area contributed by atoms with Crippen LogP contribution in [0.5, 0.6) is 0 Å². The van der Waals surface area contributed by atoms with Gasteiger partial charge in [0.05, 0.1) is 29.2 Å². The second-order valence-electron chi connectivity index (χ2n) is 9.84. The van der Waals surface area contributed by atoms with Gasteiger partial charge >= 0.3 is 0 Å². The largest absolute Gasteiger partial charge is 0.387 e. The van der Waals surface area contributed by atoms with E-state index in [4.69, 9.17) is 16.6 Å². The molecule has 3 aromatic rings. The van der Waals surface area contributed by atoms with Crippen LogP contribution in [0.1, 0.15) is 43.7 Å². The number of fused-ring (bicyclic) bond motifs is 1. The first-order valence-electron chi connectivity index (χ1n) is 13.9. The zero-order chi connectivity index (χ0) is 29.4. The lowest BCUT2D eigenvalue weighted by atomic mass is 10.0. The monoisotopic (exact) mass is 576 g/mol. The Morgan fingerprint density at radius 1 is 1.07 bits per heavy atom. The van der Waals surface area contributed by atoms with Crippen molar-refractivity contribution in [3.05, 3.63) is 94.8 Å². The van der Waals surface area contributed by atoms with Gasteiger partial charge in [0.15, 0.2) is 0 Å². The van der Waals surface area contributed by atoms with E-state index in [1.807, 2.05) is 42.5 Å². The van der Waals surface area contributed by atoms with Gasteiger partial charge < -0.3 is 25.5 Å². The van der Waals surface area contributed by atoms with E-state index in [0.717, 1.165) is 24.3 Å². The number of carbonyl (C=O) groups excluding carboxylic acids is 2. The van der Waals surface area contributed by atoms with Crippen molar-refractivity contribution in [2.24, 2.45) is 4.99 Å². The number of likely N-dealkylation sites (N-methyl/N-ethyl adjacent to an activating group) is 1. The lowest BCUT2D eigenvalue weighted by Crippen LogP contribution is -2.53. The van der Waals surface area contributed by atoms with Gasteiger partial charge in [-0.05, 0) is 55.9 Å². The van der Waals surface area contributed by atoms with Crippen LogP contribution < -0.4 is 15.5 Å². The van der Waals surface area contributed by atoms with Gasteiger partial charge in [0.25, 0.3) is 5.91 Å². The smallest absolute Gasteiger partial charge is 0.272 e. The molecule has 0 bridgehead atoms. The normalized spacial score (nSPS) is 16.5. The molecule has 3 N–H and O–H groups in total. The summed E-state index contributed by atoms with van der Waals surface area (Å²) in [7, 11) is 0. The van der Waals surface area contributed by atoms with Crippen LogP contribution in [0.15, 0.2) is 77.9 Å². The van der Waals surface area contributed by atoms with Crippen LogP contribution in [0, 0.1) is 0 Å². The van der Waals surface area contributed by atoms with E-state index in [2.05, 4.69) is 34.4 Å². The molecule has 0 fully saturated rings. The molecule has 0 radical (unpaired) electrons. The first-order chi connectivity index (χ1) is 19.8. The minimum absolute atomic E-state index is 0.138. The van der Waals surface area contributed by atoms with E-state index in [-0.39, 0.29) is 12.5 Å². The predicted octanol–water partition coefficient (Wildman–Crippen LogP) is 3.41. The molecule has 216 valence electrons. The first kappa shape index (κ1) is 30.3. The summed E-state index contributed by atoms with van der Waals surface area (Å²) in [5, 5.41) is 17.0. The second kappa shape index (κ2) is 14.3. The molecule has 2 unspecified atom stereocenters. The molecule has 4 rings (SSSR count). The van der Waals surface area contributed by atoms with Crippen molar-refractivity contribution >= 4 is 34.8 Å². The number of pyridine rings is 1. The van der Waals surface area contributed by atoms with Gasteiger partial charge in [0.1, 0.15) is 0 Å². The Hall–Kier alpha value is -3.63. The van der Waals surface area contributed by atoms with Crippen LogP contribution in [0.4, 0.5) is 5.69 Å². The summed E-state index contributed by atoms with van der Waals surface area (Å²) in [6.07, 6.45) is -0.313. The Labute approximate surface area is 246 Å². The highest BCUT2D eigenvalue weighted by molar-refractivity contribution is 6.30. The summed E-state index contributed by atoms with van der Waals surface area (Å²) < 4.78 is 0. The number of nitrogens with one attached hydrogen (secondary N) is 2. The third-order valence-corrected chi connectivity index (χ3v) is 7.45. The van der Waals surface area contributed by atoms with Gasteiger partial charge in [0, 0.05) is 36.4 Å². The molecule has 9 nitrogen and oxygen atoms in total. The maximum absolute atomic E-state index is 14.0. The Bertz CT molecular complexity index is 1350. The van der Waals surface area contributed by atoms with Crippen LogP contribution in [-0.2, 0) is 9.59 Å². The Morgan fingerprint density at radius 2 is 1.78 bits per heavy atom. The van der Waals surface area contributed by atoms with Gasteiger partial charge in [-0.3, -0.25) is 14.6 Å². The third-order valence-electron chi connectivity index (χ3n) is 7.19. The molecule has 0 saturated heterocycles. The summed E-state index contributed by atoms with van der Waals surface area (Å²) in [6.45, 7) is 8.84. The quantitative estimate of drug-likeness (QED) is 0.305. The lowest BCUT2D eigenvalue weighted by Gasteiger charge is -2.28. The highest BCUT2D eigenvalue weighted by Gasteiger charge is 2.34. The van der Waals surface area contributed by atoms with Gasteiger partial charge in [-0.2, -0.15) is 0 Å². The average Bonchev–Trinajstić information content (AvgIpc) is 3.11. The number of benzene rings is 2. The molecular formula is C31H37ClN6O3. The fraction of sp³-hybridized carbons (Fsp3) is 0.355. The number of hydrogen-bond acceptors (Lipinski definition) is 7. The number of aromatic nitrogens is 1.